The second-order valence-electron chi connectivity index (χ2n) is 6.51. The Hall–Kier alpha value is -2.34. The highest BCUT2D eigenvalue weighted by Gasteiger charge is 2.16. The van der Waals surface area contributed by atoms with E-state index in [0.29, 0.717) is 0 Å². The lowest BCUT2D eigenvalue weighted by atomic mass is 10.1. The average Bonchev–Trinajstić information content (AvgIpc) is 2.90. The van der Waals surface area contributed by atoms with E-state index in [1.165, 1.54) is 0 Å². The van der Waals surface area contributed by atoms with Crippen LogP contribution in [-0.2, 0) is 0 Å². The SMILES string of the molecule is Cl.Cl.O=C(c1ccc(C=Cc2n[nH]c3ccccc23)cc1)N1CCCNCC1. The summed E-state index contributed by atoms with van der Waals surface area (Å²) in [4.78, 5) is 14.6. The van der Waals surface area contributed by atoms with Gasteiger partial charge in [-0.15, -0.1) is 24.8 Å². The van der Waals surface area contributed by atoms with Crippen LogP contribution < -0.4 is 5.32 Å². The summed E-state index contributed by atoms with van der Waals surface area (Å²) in [6.07, 6.45) is 5.02. The van der Waals surface area contributed by atoms with E-state index in [4.69, 9.17) is 0 Å². The van der Waals surface area contributed by atoms with E-state index >= 15 is 0 Å². The van der Waals surface area contributed by atoms with Crippen molar-refractivity contribution in [2.45, 2.75) is 6.42 Å². The second kappa shape index (κ2) is 10.3. The number of hydrogen-bond donors (Lipinski definition) is 2. The predicted molar refractivity (Wildman–Crippen MR) is 119 cm³/mol. The van der Waals surface area contributed by atoms with Crippen LogP contribution in [0.5, 0.6) is 0 Å². The van der Waals surface area contributed by atoms with Gasteiger partial charge in [-0.05, 0) is 42.8 Å². The Bertz CT molecular complexity index is 929. The number of rotatable bonds is 3. The molecule has 1 aliphatic heterocycles. The fourth-order valence-corrected chi connectivity index (χ4v) is 3.26. The summed E-state index contributed by atoms with van der Waals surface area (Å²) in [7, 11) is 0. The summed E-state index contributed by atoms with van der Waals surface area (Å²) >= 11 is 0. The van der Waals surface area contributed by atoms with Gasteiger partial charge in [0.2, 0.25) is 0 Å². The number of nitrogens with one attached hydrogen (secondary N) is 2. The first-order chi connectivity index (χ1) is 12.8. The monoisotopic (exact) mass is 418 g/mol. The molecule has 0 saturated carbocycles. The summed E-state index contributed by atoms with van der Waals surface area (Å²) in [5.41, 5.74) is 3.73. The Morgan fingerprint density at radius 1 is 0.964 bits per heavy atom. The van der Waals surface area contributed by atoms with E-state index < -0.39 is 0 Å². The molecule has 0 bridgehead atoms. The van der Waals surface area contributed by atoms with Crippen LogP contribution in [0.2, 0.25) is 0 Å². The van der Waals surface area contributed by atoms with Crippen molar-refractivity contribution in [2.75, 3.05) is 26.2 Å². The minimum Gasteiger partial charge on any atom is -0.337 e. The van der Waals surface area contributed by atoms with E-state index in [9.17, 15) is 4.79 Å². The van der Waals surface area contributed by atoms with Gasteiger partial charge < -0.3 is 10.2 Å². The summed E-state index contributed by atoms with van der Waals surface area (Å²) in [6.45, 7) is 3.44. The van der Waals surface area contributed by atoms with E-state index in [0.717, 1.165) is 60.3 Å². The molecule has 2 heterocycles. The third-order valence-corrected chi connectivity index (χ3v) is 4.72. The van der Waals surface area contributed by atoms with Crippen molar-refractivity contribution >= 4 is 53.8 Å². The molecular weight excluding hydrogens is 395 g/mol. The van der Waals surface area contributed by atoms with E-state index in [2.05, 4.69) is 21.6 Å². The number of para-hydroxylation sites is 1. The minimum atomic E-state index is 0. The average molecular weight is 419 g/mol. The van der Waals surface area contributed by atoms with Gasteiger partial charge in [0.05, 0.1) is 11.2 Å². The Morgan fingerprint density at radius 3 is 2.57 bits per heavy atom. The molecule has 1 aliphatic rings. The Balaban J connectivity index is 0.00000140. The number of fused-ring (bicyclic) bond motifs is 1. The van der Waals surface area contributed by atoms with Gasteiger partial charge in [0, 0.05) is 30.6 Å². The van der Waals surface area contributed by atoms with Crippen LogP contribution in [0.3, 0.4) is 0 Å². The highest BCUT2D eigenvalue weighted by molar-refractivity contribution is 5.95. The van der Waals surface area contributed by atoms with Crippen LogP contribution >= 0.6 is 24.8 Å². The van der Waals surface area contributed by atoms with Crippen LogP contribution in [0.4, 0.5) is 0 Å². The maximum absolute atomic E-state index is 12.6. The number of aromatic amines is 1. The molecule has 0 aliphatic carbocycles. The smallest absolute Gasteiger partial charge is 0.253 e. The highest BCUT2D eigenvalue weighted by atomic mass is 35.5. The minimum absolute atomic E-state index is 0. The lowest BCUT2D eigenvalue weighted by Crippen LogP contribution is -2.34. The first-order valence-corrected chi connectivity index (χ1v) is 9.02. The molecule has 1 saturated heterocycles. The number of aromatic nitrogens is 2. The molecule has 28 heavy (non-hydrogen) atoms. The third-order valence-electron chi connectivity index (χ3n) is 4.72. The molecule has 1 aromatic heterocycles. The molecule has 1 amide bonds. The topological polar surface area (TPSA) is 61.0 Å². The highest BCUT2D eigenvalue weighted by Crippen LogP contribution is 2.18. The van der Waals surface area contributed by atoms with Crippen LogP contribution in [0.15, 0.2) is 48.5 Å². The summed E-state index contributed by atoms with van der Waals surface area (Å²) in [5, 5.41) is 11.8. The first kappa shape index (κ1) is 22.0. The van der Waals surface area contributed by atoms with Gasteiger partial charge in [-0.1, -0.05) is 36.4 Å². The number of amides is 1. The fourth-order valence-electron chi connectivity index (χ4n) is 3.26. The number of H-pyrrole nitrogens is 1. The van der Waals surface area contributed by atoms with Gasteiger partial charge in [0.1, 0.15) is 0 Å². The van der Waals surface area contributed by atoms with Crippen molar-refractivity contribution in [3.63, 3.8) is 0 Å². The molecule has 0 atom stereocenters. The van der Waals surface area contributed by atoms with Crippen molar-refractivity contribution in [1.29, 1.82) is 0 Å². The van der Waals surface area contributed by atoms with Crippen LogP contribution in [0.25, 0.3) is 23.1 Å². The van der Waals surface area contributed by atoms with E-state index in [1.807, 2.05) is 59.5 Å². The molecule has 5 nitrogen and oxygen atoms in total. The molecule has 148 valence electrons. The maximum Gasteiger partial charge on any atom is 0.253 e. The Kier molecular flexibility index (Phi) is 8.05. The second-order valence-corrected chi connectivity index (χ2v) is 6.51. The zero-order valence-corrected chi connectivity index (χ0v) is 17.1. The van der Waals surface area contributed by atoms with Gasteiger partial charge in [-0.3, -0.25) is 9.89 Å². The molecule has 1 fully saturated rings. The normalized spacial score (nSPS) is 14.4. The molecular formula is C21H24Cl2N4O. The summed E-state index contributed by atoms with van der Waals surface area (Å²) in [5.74, 6) is 0.113. The van der Waals surface area contributed by atoms with E-state index in [-0.39, 0.29) is 30.7 Å². The number of hydrogen-bond acceptors (Lipinski definition) is 3. The van der Waals surface area contributed by atoms with Gasteiger partial charge in [0.15, 0.2) is 0 Å². The van der Waals surface area contributed by atoms with Gasteiger partial charge >= 0.3 is 0 Å². The summed E-state index contributed by atoms with van der Waals surface area (Å²) in [6, 6.07) is 15.8. The van der Waals surface area contributed by atoms with Crippen molar-refractivity contribution in [3.8, 4) is 0 Å². The molecule has 2 aromatic carbocycles. The molecule has 3 aromatic rings. The molecule has 0 unspecified atom stereocenters. The van der Waals surface area contributed by atoms with Crippen LogP contribution in [0.1, 0.15) is 28.0 Å². The Morgan fingerprint density at radius 2 is 1.75 bits per heavy atom. The van der Waals surface area contributed by atoms with Crippen molar-refractivity contribution in [1.82, 2.24) is 20.4 Å². The molecule has 7 heteroatoms. The summed E-state index contributed by atoms with van der Waals surface area (Å²) < 4.78 is 0. The van der Waals surface area contributed by atoms with Gasteiger partial charge in [-0.25, -0.2) is 0 Å². The molecule has 0 radical (unpaired) electrons. The van der Waals surface area contributed by atoms with Crippen LogP contribution in [0, 0.1) is 0 Å². The zero-order valence-electron chi connectivity index (χ0n) is 15.4. The Labute approximate surface area is 177 Å². The quantitative estimate of drug-likeness (QED) is 0.675. The van der Waals surface area contributed by atoms with Crippen molar-refractivity contribution in [2.24, 2.45) is 0 Å². The molecule has 0 spiro atoms. The van der Waals surface area contributed by atoms with E-state index in [1.54, 1.807) is 0 Å². The lowest BCUT2D eigenvalue weighted by Gasteiger charge is -2.19. The number of carbonyl (C=O) groups is 1. The standard InChI is InChI=1S/C21H22N4O.2ClH/c26-21(25-14-3-12-22-13-15-25)17-9-6-16(7-10-17)8-11-20-18-4-1-2-5-19(18)23-24-20;;/h1-2,4-11,22H,3,12-15H2,(H,23,24);2*1H. The third kappa shape index (κ3) is 4.93. The van der Waals surface area contributed by atoms with Crippen molar-refractivity contribution < 1.29 is 4.79 Å². The van der Waals surface area contributed by atoms with Gasteiger partial charge in [-0.2, -0.15) is 5.10 Å². The fraction of sp³-hybridized carbons (Fsp3) is 0.238. The predicted octanol–water partition coefficient (Wildman–Crippen LogP) is 4.01. The number of benzene rings is 2. The lowest BCUT2D eigenvalue weighted by molar-refractivity contribution is 0.0766. The van der Waals surface area contributed by atoms with Gasteiger partial charge in [0.25, 0.3) is 5.91 Å². The molecule has 2 N–H and O–H groups in total. The first-order valence-electron chi connectivity index (χ1n) is 9.02. The number of nitrogens with zero attached hydrogens (tertiary/aromatic N) is 2. The maximum atomic E-state index is 12.6. The van der Waals surface area contributed by atoms with Crippen molar-refractivity contribution in [3.05, 3.63) is 65.4 Å². The zero-order chi connectivity index (χ0) is 17.8. The number of carbonyl (C=O) groups excluding carboxylic acids is 1. The largest absolute Gasteiger partial charge is 0.337 e. The number of halogens is 2. The van der Waals surface area contributed by atoms with Crippen LogP contribution in [-0.4, -0.2) is 47.2 Å². The molecule has 4 rings (SSSR count).